The topological polar surface area (TPSA) is 71.6 Å². The van der Waals surface area contributed by atoms with Gasteiger partial charge >= 0.3 is 0 Å². The Morgan fingerprint density at radius 2 is 2.00 bits per heavy atom. The Bertz CT molecular complexity index is 749. The maximum absolute atomic E-state index is 12.1. The minimum Gasteiger partial charge on any atom is -0.454 e. The van der Waals surface area contributed by atoms with Crippen molar-refractivity contribution in [2.75, 3.05) is 13.8 Å². The van der Waals surface area contributed by atoms with Crippen LogP contribution < -0.4 is 9.47 Å². The molecule has 6 heteroatoms. The Labute approximate surface area is 114 Å². The number of benzene rings is 1. The molecular weight excluding hydrogens is 260 g/mol. The second-order valence-corrected chi connectivity index (χ2v) is 5.04. The minimum absolute atomic E-state index is 0.143. The number of rotatable bonds is 1. The summed E-state index contributed by atoms with van der Waals surface area (Å²) in [7, 11) is 1.52. The SMILES string of the molecule is CN1C(=O)CC(c2c[nH]c3cc4c(cc23)OCO4)C1=O. The number of nitrogens with one attached hydrogen (secondary N) is 1. The second kappa shape index (κ2) is 3.75. The summed E-state index contributed by atoms with van der Waals surface area (Å²) in [6.07, 6.45) is 2.01. The summed E-state index contributed by atoms with van der Waals surface area (Å²) in [6, 6.07) is 3.71. The molecule has 2 aliphatic rings. The van der Waals surface area contributed by atoms with Crippen LogP contribution >= 0.6 is 0 Å². The molecule has 1 fully saturated rings. The molecule has 102 valence electrons. The number of amides is 2. The zero-order chi connectivity index (χ0) is 13.9. The molecule has 0 spiro atoms. The third-order valence-electron chi connectivity index (χ3n) is 3.96. The van der Waals surface area contributed by atoms with Crippen LogP contribution in [0.1, 0.15) is 17.9 Å². The quantitative estimate of drug-likeness (QED) is 0.796. The van der Waals surface area contributed by atoms with Crippen molar-refractivity contribution < 1.29 is 19.1 Å². The van der Waals surface area contributed by atoms with Gasteiger partial charge < -0.3 is 14.5 Å². The van der Waals surface area contributed by atoms with E-state index in [-0.39, 0.29) is 25.0 Å². The molecule has 0 saturated carbocycles. The molecule has 2 amide bonds. The van der Waals surface area contributed by atoms with Gasteiger partial charge in [0.1, 0.15) is 0 Å². The predicted molar refractivity (Wildman–Crippen MR) is 69.6 cm³/mol. The third-order valence-corrected chi connectivity index (χ3v) is 3.96. The molecule has 0 radical (unpaired) electrons. The van der Waals surface area contributed by atoms with E-state index in [4.69, 9.17) is 9.47 Å². The first-order valence-corrected chi connectivity index (χ1v) is 6.36. The Morgan fingerprint density at radius 3 is 2.70 bits per heavy atom. The Morgan fingerprint density at radius 1 is 1.25 bits per heavy atom. The number of likely N-dealkylation sites (tertiary alicyclic amines) is 1. The highest BCUT2D eigenvalue weighted by Crippen LogP contribution is 2.40. The third kappa shape index (κ3) is 1.39. The number of nitrogens with zero attached hydrogens (tertiary/aromatic N) is 1. The fourth-order valence-electron chi connectivity index (χ4n) is 2.82. The van der Waals surface area contributed by atoms with Crippen molar-refractivity contribution in [1.82, 2.24) is 9.88 Å². The molecule has 1 unspecified atom stereocenters. The van der Waals surface area contributed by atoms with Crippen LogP contribution in [0.4, 0.5) is 0 Å². The lowest BCUT2D eigenvalue weighted by atomic mass is 9.97. The lowest BCUT2D eigenvalue weighted by Crippen LogP contribution is -2.25. The Balaban J connectivity index is 1.85. The second-order valence-electron chi connectivity index (χ2n) is 5.04. The van der Waals surface area contributed by atoms with E-state index < -0.39 is 5.92 Å². The lowest BCUT2D eigenvalue weighted by Gasteiger charge is -2.08. The van der Waals surface area contributed by atoms with E-state index >= 15 is 0 Å². The summed E-state index contributed by atoms with van der Waals surface area (Å²) < 4.78 is 10.7. The van der Waals surface area contributed by atoms with Gasteiger partial charge in [0.2, 0.25) is 18.6 Å². The van der Waals surface area contributed by atoms with Gasteiger partial charge in [-0.3, -0.25) is 14.5 Å². The number of hydrogen-bond acceptors (Lipinski definition) is 4. The molecule has 20 heavy (non-hydrogen) atoms. The van der Waals surface area contributed by atoms with Crippen molar-refractivity contribution in [2.24, 2.45) is 0 Å². The number of ether oxygens (including phenoxy) is 2. The number of hydrogen-bond donors (Lipinski definition) is 1. The van der Waals surface area contributed by atoms with Gasteiger partial charge in [0.25, 0.3) is 0 Å². The van der Waals surface area contributed by atoms with Crippen LogP contribution in [0.3, 0.4) is 0 Å². The maximum Gasteiger partial charge on any atom is 0.237 e. The molecule has 0 aliphatic carbocycles. The molecule has 2 aromatic rings. The normalized spacial score (nSPS) is 21.2. The summed E-state index contributed by atoms with van der Waals surface area (Å²) in [5.74, 6) is 0.644. The number of carbonyl (C=O) groups is 2. The molecule has 1 N–H and O–H groups in total. The number of aromatic nitrogens is 1. The lowest BCUT2D eigenvalue weighted by molar-refractivity contribution is -0.137. The fraction of sp³-hybridized carbons (Fsp3) is 0.286. The summed E-state index contributed by atoms with van der Waals surface area (Å²) in [6.45, 7) is 0.209. The zero-order valence-electron chi connectivity index (χ0n) is 10.8. The van der Waals surface area contributed by atoms with Crippen molar-refractivity contribution >= 4 is 22.7 Å². The van der Waals surface area contributed by atoms with Crippen molar-refractivity contribution in [1.29, 1.82) is 0 Å². The van der Waals surface area contributed by atoms with E-state index in [1.807, 2.05) is 12.1 Å². The van der Waals surface area contributed by atoms with E-state index in [0.717, 1.165) is 16.5 Å². The molecular formula is C14H12N2O4. The minimum atomic E-state index is -0.415. The van der Waals surface area contributed by atoms with Crippen LogP contribution in [-0.4, -0.2) is 35.5 Å². The molecule has 3 heterocycles. The number of fused-ring (bicyclic) bond motifs is 2. The van der Waals surface area contributed by atoms with Crippen molar-refractivity contribution in [3.05, 3.63) is 23.9 Å². The van der Waals surface area contributed by atoms with Crippen LogP contribution in [0.15, 0.2) is 18.3 Å². The molecule has 4 rings (SSSR count). The maximum atomic E-state index is 12.1. The Hall–Kier alpha value is -2.50. The molecule has 1 aromatic carbocycles. The fourth-order valence-corrected chi connectivity index (χ4v) is 2.82. The van der Waals surface area contributed by atoms with Gasteiger partial charge in [-0.25, -0.2) is 0 Å². The molecule has 2 aliphatic heterocycles. The van der Waals surface area contributed by atoms with Crippen LogP contribution in [0, 0.1) is 0 Å². The largest absolute Gasteiger partial charge is 0.454 e. The van der Waals surface area contributed by atoms with Crippen molar-refractivity contribution in [3.8, 4) is 11.5 Å². The van der Waals surface area contributed by atoms with Crippen molar-refractivity contribution in [2.45, 2.75) is 12.3 Å². The average Bonchev–Trinajstić information content (AvgIpc) is 3.11. The number of carbonyl (C=O) groups excluding carboxylic acids is 2. The zero-order valence-corrected chi connectivity index (χ0v) is 10.8. The van der Waals surface area contributed by atoms with Crippen LogP contribution in [0.2, 0.25) is 0 Å². The number of likely N-dealkylation sites (N-methyl/N-ethyl adjacent to an activating group) is 1. The summed E-state index contributed by atoms with van der Waals surface area (Å²) in [4.78, 5) is 28.1. The Kier molecular flexibility index (Phi) is 2.13. The van der Waals surface area contributed by atoms with Gasteiger partial charge in [0.05, 0.1) is 5.92 Å². The van der Waals surface area contributed by atoms with Gasteiger partial charge in [-0.05, 0) is 11.6 Å². The van der Waals surface area contributed by atoms with Gasteiger partial charge in [-0.1, -0.05) is 0 Å². The molecule has 1 atom stereocenters. The molecule has 1 saturated heterocycles. The monoisotopic (exact) mass is 272 g/mol. The smallest absolute Gasteiger partial charge is 0.237 e. The first-order valence-electron chi connectivity index (χ1n) is 6.36. The molecule has 0 bridgehead atoms. The summed E-state index contributed by atoms with van der Waals surface area (Å²) in [5.41, 5.74) is 1.71. The van der Waals surface area contributed by atoms with Crippen LogP contribution in [-0.2, 0) is 9.59 Å². The highest BCUT2D eigenvalue weighted by molar-refractivity contribution is 6.07. The predicted octanol–water partition coefficient (Wildman–Crippen LogP) is 1.37. The van der Waals surface area contributed by atoms with E-state index in [0.29, 0.717) is 11.5 Å². The van der Waals surface area contributed by atoms with Gasteiger partial charge in [0.15, 0.2) is 11.5 Å². The van der Waals surface area contributed by atoms with Gasteiger partial charge in [-0.2, -0.15) is 0 Å². The summed E-state index contributed by atoms with van der Waals surface area (Å²) >= 11 is 0. The molecule has 1 aromatic heterocycles. The van der Waals surface area contributed by atoms with Gasteiger partial charge in [-0.15, -0.1) is 0 Å². The molecule has 6 nitrogen and oxygen atoms in total. The summed E-state index contributed by atoms with van der Waals surface area (Å²) in [5, 5.41) is 0.899. The standard InChI is InChI=1S/C14H12N2O4/c1-16-13(17)3-8(14(16)18)9-5-15-10-4-12-11(2-7(9)10)19-6-20-12/h2,4-5,8,15H,3,6H2,1H3. The van der Waals surface area contributed by atoms with E-state index in [1.54, 1.807) is 6.20 Å². The van der Waals surface area contributed by atoms with E-state index in [2.05, 4.69) is 4.98 Å². The number of aromatic amines is 1. The van der Waals surface area contributed by atoms with Crippen LogP contribution in [0.25, 0.3) is 10.9 Å². The highest BCUT2D eigenvalue weighted by Gasteiger charge is 2.38. The first kappa shape index (κ1) is 11.3. The number of imide groups is 1. The number of H-pyrrole nitrogens is 1. The van der Waals surface area contributed by atoms with E-state index in [1.165, 1.54) is 11.9 Å². The van der Waals surface area contributed by atoms with Crippen LogP contribution in [0.5, 0.6) is 11.5 Å². The van der Waals surface area contributed by atoms with Gasteiger partial charge in [0, 0.05) is 36.6 Å². The first-order chi connectivity index (χ1) is 9.65. The average molecular weight is 272 g/mol. The van der Waals surface area contributed by atoms with Crippen molar-refractivity contribution in [3.63, 3.8) is 0 Å². The highest BCUT2D eigenvalue weighted by atomic mass is 16.7. The van der Waals surface area contributed by atoms with E-state index in [9.17, 15) is 9.59 Å².